The average Bonchev–Trinajstić information content (AvgIpc) is 2.67. The quantitative estimate of drug-likeness (QED) is 0.584. The van der Waals surface area contributed by atoms with Crippen LogP contribution in [0.4, 0.5) is 0 Å². The van der Waals surface area contributed by atoms with Gasteiger partial charge in [-0.1, -0.05) is 93.6 Å². The number of allylic oxidation sites excluding steroid dienone is 1. The van der Waals surface area contributed by atoms with Gasteiger partial charge in [0.05, 0.1) is 12.5 Å². The molecule has 0 saturated heterocycles. The first-order chi connectivity index (χ1) is 13.3. The highest BCUT2D eigenvalue weighted by Gasteiger charge is 2.51. The molecule has 1 aliphatic rings. The van der Waals surface area contributed by atoms with Crippen LogP contribution in [0.5, 0.6) is 0 Å². The molecule has 2 aromatic rings. The fraction of sp³-hybridized carbons (Fsp3) is 0.375. The Bertz CT molecular complexity index is 769. The zero-order chi connectivity index (χ0) is 20.2. The molecule has 0 fully saturated rings. The van der Waals surface area contributed by atoms with Crippen LogP contribution in [0.2, 0.25) is 5.04 Å². The van der Waals surface area contributed by atoms with Crippen molar-refractivity contribution in [2.24, 2.45) is 5.92 Å². The molecule has 0 amide bonds. The second-order valence-corrected chi connectivity index (χ2v) is 12.9. The summed E-state index contributed by atoms with van der Waals surface area (Å²) in [5, 5.41) is 11.6. The Morgan fingerprint density at radius 3 is 1.89 bits per heavy atom. The maximum atomic E-state index is 11.0. The van der Waals surface area contributed by atoms with Gasteiger partial charge in [0.25, 0.3) is 8.32 Å². The molecule has 0 unspecified atom stereocenters. The van der Waals surface area contributed by atoms with Crippen LogP contribution in [0.25, 0.3) is 0 Å². The SMILES string of the molecule is CC(C)(C)[Si](O[C@@H]1C=C[C@@H](CC(=O)O)CC1)(c1ccccc1)c1ccccc1. The molecule has 0 aromatic heterocycles. The van der Waals surface area contributed by atoms with Crippen LogP contribution in [-0.4, -0.2) is 25.5 Å². The monoisotopic (exact) mass is 394 g/mol. The molecule has 2 atom stereocenters. The number of carboxylic acid groups (broad SMARTS) is 1. The number of aliphatic carboxylic acids is 1. The molecule has 0 radical (unpaired) electrons. The largest absolute Gasteiger partial charge is 0.481 e. The van der Waals surface area contributed by atoms with E-state index in [-0.39, 0.29) is 23.5 Å². The summed E-state index contributed by atoms with van der Waals surface area (Å²) in [6, 6.07) is 21.3. The van der Waals surface area contributed by atoms with Crippen molar-refractivity contribution in [1.82, 2.24) is 0 Å². The van der Waals surface area contributed by atoms with Crippen LogP contribution >= 0.6 is 0 Å². The van der Waals surface area contributed by atoms with Crippen LogP contribution in [0.1, 0.15) is 40.0 Å². The lowest BCUT2D eigenvalue weighted by Gasteiger charge is -2.45. The van der Waals surface area contributed by atoms with E-state index in [0.717, 1.165) is 12.8 Å². The Labute approximate surface area is 169 Å². The van der Waals surface area contributed by atoms with E-state index in [1.807, 2.05) is 18.2 Å². The van der Waals surface area contributed by atoms with Crippen molar-refractivity contribution in [3.63, 3.8) is 0 Å². The van der Waals surface area contributed by atoms with Gasteiger partial charge >= 0.3 is 5.97 Å². The van der Waals surface area contributed by atoms with Crippen molar-refractivity contribution >= 4 is 24.7 Å². The Kier molecular flexibility index (Phi) is 6.21. The van der Waals surface area contributed by atoms with Crippen molar-refractivity contribution in [2.75, 3.05) is 0 Å². The number of hydrogen-bond acceptors (Lipinski definition) is 2. The van der Waals surface area contributed by atoms with E-state index in [9.17, 15) is 4.79 Å². The minimum absolute atomic E-state index is 0.0105. The van der Waals surface area contributed by atoms with Gasteiger partial charge < -0.3 is 9.53 Å². The lowest BCUT2D eigenvalue weighted by molar-refractivity contribution is -0.137. The molecule has 0 bridgehead atoms. The summed E-state index contributed by atoms with van der Waals surface area (Å²) in [5.41, 5.74) is 0. The van der Waals surface area contributed by atoms with Gasteiger partial charge in [-0.05, 0) is 34.2 Å². The minimum atomic E-state index is -2.56. The lowest BCUT2D eigenvalue weighted by Crippen LogP contribution is -2.67. The third kappa shape index (κ3) is 4.29. The van der Waals surface area contributed by atoms with Crippen LogP contribution in [0.3, 0.4) is 0 Å². The maximum absolute atomic E-state index is 11.0. The maximum Gasteiger partial charge on any atom is 0.303 e. The van der Waals surface area contributed by atoms with Crippen LogP contribution < -0.4 is 10.4 Å². The van der Waals surface area contributed by atoms with Crippen LogP contribution in [0.15, 0.2) is 72.8 Å². The molecule has 4 heteroatoms. The molecule has 28 heavy (non-hydrogen) atoms. The lowest BCUT2D eigenvalue weighted by atomic mass is 9.92. The van der Waals surface area contributed by atoms with Gasteiger partial charge in [0, 0.05) is 0 Å². The van der Waals surface area contributed by atoms with Gasteiger partial charge in [-0.2, -0.15) is 0 Å². The van der Waals surface area contributed by atoms with Gasteiger partial charge in [-0.3, -0.25) is 4.79 Å². The highest BCUT2D eigenvalue weighted by Crippen LogP contribution is 2.39. The van der Waals surface area contributed by atoms with E-state index in [1.54, 1.807) is 0 Å². The number of carboxylic acids is 1. The highest BCUT2D eigenvalue weighted by molar-refractivity contribution is 6.99. The standard InChI is InChI=1S/C24H30O3Si/c1-24(2,3)28(21-10-6-4-7-11-21,22-12-8-5-9-13-22)27-20-16-14-19(15-17-20)18-23(25)26/h4-14,16,19-20H,15,17-18H2,1-3H3,(H,25,26)/t19-,20-/m1/s1. The zero-order valence-electron chi connectivity index (χ0n) is 17.0. The molecular formula is C24H30O3Si. The second kappa shape index (κ2) is 8.46. The van der Waals surface area contributed by atoms with Crippen molar-refractivity contribution in [3.8, 4) is 0 Å². The number of rotatable bonds is 6. The number of hydrogen-bond donors (Lipinski definition) is 1. The molecule has 3 nitrogen and oxygen atoms in total. The molecular weight excluding hydrogens is 364 g/mol. The molecule has 0 heterocycles. The molecule has 1 N–H and O–H groups in total. The second-order valence-electron chi connectivity index (χ2n) is 8.64. The Morgan fingerprint density at radius 2 is 1.50 bits per heavy atom. The smallest absolute Gasteiger partial charge is 0.303 e. The normalized spacial score (nSPS) is 20.1. The van der Waals surface area contributed by atoms with E-state index in [0.29, 0.717) is 0 Å². The summed E-state index contributed by atoms with van der Waals surface area (Å²) in [5.74, 6) is -0.627. The van der Waals surface area contributed by atoms with E-state index in [1.165, 1.54) is 10.4 Å². The molecule has 2 aromatic carbocycles. The van der Waals surface area contributed by atoms with E-state index in [2.05, 4.69) is 75.4 Å². The van der Waals surface area contributed by atoms with Gasteiger partial charge in [0.15, 0.2) is 0 Å². The number of carbonyl (C=O) groups is 1. The van der Waals surface area contributed by atoms with Gasteiger partial charge in [-0.15, -0.1) is 0 Å². The molecule has 0 spiro atoms. The fourth-order valence-corrected chi connectivity index (χ4v) is 8.93. The topological polar surface area (TPSA) is 46.5 Å². The van der Waals surface area contributed by atoms with Gasteiger partial charge in [0.2, 0.25) is 0 Å². The highest BCUT2D eigenvalue weighted by atomic mass is 28.4. The predicted octanol–water partition coefficient (Wildman–Crippen LogP) is 4.37. The van der Waals surface area contributed by atoms with Crippen molar-refractivity contribution in [3.05, 3.63) is 72.8 Å². The number of benzene rings is 2. The van der Waals surface area contributed by atoms with Gasteiger partial charge in [0.1, 0.15) is 0 Å². The van der Waals surface area contributed by atoms with Crippen LogP contribution in [-0.2, 0) is 9.22 Å². The third-order valence-corrected chi connectivity index (χ3v) is 10.7. The van der Waals surface area contributed by atoms with E-state index in [4.69, 9.17) is 9.53 Å². The van der Waals surface area contributed by atoms with Crippen molar-refractivity contribution < 1.29 is 14.3 Å². The molecule has 148 valence electrons. The van der Waals surface area contributed by atoms with E-state index >= 15 is 0 Å². The Morgan fingerprint density at radius 1 is 0.964 bits per heavy atom. The Balaban J connectivity index is 2.01. The summed E-state index contributed by atoms with van der Waals surface area (Å²) in [7, 11) is -2.56. The zero-order valence-corrected chi connectivity index (χ0v) is 18.0. The third-order valence-electron chi connectivity index (χ3n) is 5.60. The summed E-state index contributed by atoms with van der Waals surface area (Å²) >= 11 is 0. The molecule has 0 saturated carbocycles. The van der Waals surface area contributed by atoms with E-state index < -0.39 is 14.3 Å². The first kappa shape index (κ1) is 20.6. The summed E-state index contributed by atoms with van der Waals surface area (Å²) < 4.78 is 7.07. The average molecular weight is 395 g/mol. The summed E-state index contributed by atoms with van der Waals surface area (Å²) in [6.07, 6.45) is 6.06. The first-order valence-electron chi connectivity index (χ1n) is 10.0. The van der Waals surface area contributed by atoms with Crippen LogP contribution in [0, 0.1) is 5.92 Å². The predicted molar refractivity (Wildman–Crippen MR) is 117 cm³/mol. The Hall–Kier alpha value is -2.17. The molecule has 1 aliphatic carbocycles. The van der Waals surface area contributed by atoms with Crippen molar-refractivity contribution in [2.45, 2.75) is 51.2 Å². The fourth-order valence-electron chi connectivity index (χ4n) is 4.26. The summed E-state index contributed by atoms with van der Waals surface area (Å²) in [6.45, 7) is 6.83. The molecule has 0 aliphatic heterocycles. The molecule has 3 rings (SSSR count). The van der Waals surface area contributed by atoms with Gasteiger partial charge in [-0.25, -0.2) is 0 Å². The summed E-state index contributed by atoms with van der Waals surface area (Å²) in [4.78, 5) is 11.0. The van der Waals surface area contributed by atoms with Crippen molar-refractivity contribution in [1.29, 1.82) is 0 Å². The first-order valence-corrected chi connectivity index (χ1v) is 11.9. The minimum Gasteiger partial charge on any atom is -0.481 e.